The van der Waals surface area contributed by atoms with E-state index < -0.39 is 5.97 Å². The standard InChI is InChI=1S/C16H23NO4/c1-3-12-6-5-7-14(8-12)21-11-15(18)17-10-13(4-2)9-16(19)20/h5-8,13H,3-4,9-11H2,1-2H3,(H,17,18)(H,19,20). The van der Waals surface area contributed by atoms with Crippen molar-refractivity contribution in [1.82, 2.24) is 5.32 Å². The van der Waals surface area contributed by atoms with Crippen LogP contribution in [0.25, 0.3) is 0 Å². The third-order valence-corrected chi connectivity index (χ3v) is 3.31. The zero-order valence-electron chi connectivity index (χ0n) is 12.6. The first-order valence-corrected chi connectivity index (χ1v) is 7.25. The number of rotatable bonds is 9. The summed E-state index contributed by atoms with van der Waals surface area (Å²) in [7, 11) is 0. The van der Waals surface area contributed by atoms with Crippen LogP contribution in [0.15, 0.2) is 24.3 Å². The van der Waals surface area contributed by atoms with Crippen LogP contribution in [-0.2, 0) is 16.0 Å². The fourth-order valence-corrected chi connectivity index (χ4v) is 1.92. The van der Waals surface area contributed by atoms with Gasteiger partial charge >= 0.3 is 5.97 Å². The number of hydrogen-bond acceptors (Lipinski definition) is 3. The van der Waals surface area contributed by atoms with Gasteiger partial charge in [-0.1, -0.05) is 32.4 Å². The van der Waals surface area contributed by atoms with Crippen LogP contribution >= 0.6 is 0 Å². The summed E-state index contributed by atoms with van der Waals surface area (Å²) in [5.41, 5.74) is 1.15. The van der Waals surface area contributed by atoms with Gasteiger partial charge in [0, 0.05) is 13.0 Å². The van der Waals surface area contributed by atoms with Gasteiger partial charge in [-0.15, -0.1) is 0 Å². The van der Waals surface area contributed by atoms with Gasteiger partial charge in [0.15, 0.2) is 6.61 Å². The Labute approximate surface area is 125 Å². The largest absolute Gasteiger partial charge is 0.484 e. The van der Waals surface area contributed by atoms with Crippen LogP contribution in [0.1, 0.15) is 32.3 Å². The Bertz CT molecular complexity index is 473. The molecule has 1 atom stereocenters. The summed E-state index contributed by atoms with van der Waals surface area (Å²) in [4.78, 5) is 22.3. The van der Waals surface area contributed by atoms with Crippen LogP contribution in [-0.4, -0.2) is 30.1 Å². The van der Waals surface area contributed by atoms with Gasteiger partial charge in [0.05, 0.1) is 0 Å². The van der Waals surface area contributed by atoms with Gasteiger partial charge < -0.3 is 15.2 Å². The Morgan fingerprint density at radius 2 is 2.10 bits per heavy atom. The molecule has 0 bridgehead atoms. The highest BCUT2D eigenvalue weighted by atomic mass is 16.5. The van der Waals surface area contributed by atoms with E-state index in [9.17, 15) is 9.59 Å². The van der Waals surface area contributed by atoms with Crippen molar-refractivity contribution in [2.75, 3.05) is 13.2 Å². The zero-order valence-corrected chi connectivity index (χ0v) is 12.6. The Hall–Kier alpha value is -2.04. The maximum Gasteiger partial charge on any atom is 0.303 e. The number of amides is 1. The zero-order chi connectivity index (χ0) is 15.7. The SMILES string of the molecule is CCc1cccc(OCC(=O)NCC(CC)CC(=O)O)c1. The Morgan fingerprint density at radius 3 is 2.71 bits per heavy atom. The predicted octanol–water partition coefficient (Wildman–Crippen LogP) is 2.24. The molecule has 0 heterocycles. The topological polar surface area (TPSA) is 75.6 Å². The van der Waals surface area contributed by atoms with Crippen LogP contribution in [0.5, 0.6) is 5.75 Å². The maximum atomic E-state index is 11.7. The van der Waals surface area contributed by atoms with E-state index in [1.807, 2.05) is 31.2 Å². The lowest BCUT2D eigenvalue weighted by Crippen LogP contribution is -2.33. The summed E-state index contributed by atoms with van der Waals surface area (Å²) in [5.74, 6) is -0.457. The third-order valence-electron chi connectivity index (χ3n) is 3.31. The number of aliphatic carboxylic acids is 1. The molecule has 0 radical (unpaired) electrons. The lowest BCUT2D eigenvalue weighted by Gasteiger charge is -2.14. The van der Waals surface area contributed by atoms with Crippen molar-refractivity contribution in [3.8, 4) is 5.75 Å². The molecular formula is C16H23NO4. The molecule has 0 fully saturated rings. The molecule has 2 N–H and O–H groups in total. The number of benzene rings is 1. The predicted molar refractivity (Wildman–Crippen MR) is 80.4 cm³/mol. The van der Waals surface area contributed by atoms with Crippen LogP contribution in [0.3, 0.4) is 0 Å². The average Bonchev–Trinajstić information content (AvgIpc) is 2.49. The van der Waals surface area contributed by atoms with Crippen molar-refractivity contribution < 1.29 is 19.4 Å². The average molecular weight is 293 g/mol. The summed E-state index contributed by atoms with van der Waals surface area (Å²) in [6.45, 7) is 4.27. The summed E-state index contributed by atoms with van der Waals surface area (Å²) < 4.78 is 5.43. The molecule has 0 aromatic heterocycles. The van der Waals surface area contributed by atoms with Crippen molar-refractivity contribution in [1.29, 1.82) is 0 Å². The highest BCUT2D eigenvalue weighted by molar-refractivity contribution is 5.77. The van der Waals surface area contributed by atoms with Gasteiger partial charge in [0.1, 0.15) is 5.75 Å². The monoisotopic (exact) mass is 293 g/mol. The van der Waals surface area contributed by atoms with Gasteiger partial charge in [0.25, 0.3) is 5.91 Å². The van der Waals surface area contributed by atoms with E-state index in [-0.39, 0.29) is 24.9 Å². The highest BCUT2D eigenvalue weighted by Gasteiger charge is 2.12. The third kappa shape index (κ3) is 6.79. The van der Waals surface area contributed by atoms with Gasteiger partial charge in [-0.3, -0.25) is 9.59 Å². The highest BCUT2D eigenvalue weighted by Crippen LogP contribution is 2.13. The number of hydrogen-bond donors (Lipinski definition) is 2. The number of ether oxygens (including phenoxy) is 1. The van der Waals surface area contributed by atoms with Crippen molar-refractivity contribution in [2.24, 2.45) is 5.92 Å². The van der Waals surface area contributed by atoms with Gasteiger partial charge in [0.2, 0.25) is 0 Å². The maximum absolute atomic E-state index is 11.7. The van der Waals surface area contributed by atoms with E-state index >= 15 is 0 Å². The molecule has 0 spiro atoms. The fraction of sp³-hybridized carbons (Fsp3) is 0.500. The molecule has 0 saturated carbocycles. The van der Waals surface area contributed by atoms with E-state index in [4.69, 9.17) is 9.84 Å². The second-order valence-corrected chi connectivity index (χ2v) is 4.97. The van der Waals surface area contributed by atoms with Crippen LogP contribution in [0.2, 0.25) is 0 Å². The number of carboxylic acid groups (broad SMARTS) is 1. The molecule has 1 aromatic carbocycles. The summed E-state index contributed by atoms with van der Waals surface area (Å²) in [6.07, 6.45) is 1.69. The molecule has 0 aliphatic heterocycles. The minimum Gasteiger partial charge on any atom is -0.484 e. The second kappa shape index (κ2) is 9.00. The number of carbonyl (C=O) groups excluding carboxylic acids is 1. The van der Waals surface area contributed by atoms with Gasteiger partial charge in [-0.05, 0) is 30.0 Å². The summed E-state index contributed by atoms with van der Waals surface area (Å²) in [5, 5.41) is 11.5. The fourth-order valence-electron chi connectivity index (χ4n) is 1.92. The second-order valence-electron chi connectivity index (χ2n) is 4.97. The molecule has 0 aliphatic rings. The van der Waals surface area contributed by atoms with Crippen molar-refractivity contribution in [3.63, 3.8) is 0 Å². The van der Waals surface area contributed by atoms with E-state index in [1.165, 1.54) is 0 Å². The van der Waals surface area contributed by atoms with Crippen LogP contribution in [0.4, 0.5) is 0 Å². The van der Waals surface area contributed by atoms with E-state index in [2.05, 4.69) is 12.2 Å². The van der Waals surface area contributed by atoms with Crippen molar-refractivity contribution in [3.05, 3.63) is 29.8 Å². The Kier molecular flexibility index (Phi) is 7.29. The first kappa shape index (κ1) is 17.0. The normalized spacial score (nSPS) is 11.7. The van der Waals surface area contributed by atoms with E-state index in [0.717, 1.165) is 12.0 Å². The molecule has 0 aliphatic carbocycles. The number of aryl methyl sites for hydroxylation is 1. The smallest absolute Gasteiger partial charge is 0.303 e. The Balaban J connectivity index is 2.34. The first-order chi connectivity index (χ1) is 10.0. The van der Waals surface area contributed by atoms with E-state index in [1.54, 1.807) is 0 Å². The van der Waals surface area contributed by atoms with Crippen molar-refractivity contribution in [2.45, 2.75) is 33.1 Å². The molecule has 5 heteroatoms. The Morgan fingerprint density at radius 1 is 1.33 bits per heavy atom. The van der Waals surface area contributed by atoms with Crippen LogP contribution < -0.4 is 10.1 Å². The number of nitrogens with one attached hydrogen (secondary N) is 1. The minimum absolute atomic E-state index is 0.0464. The molecule has 1 rings (SSSR count). The first-order valence-electron chi connectivity index (χ1n) is 7.25. The summed E-state index contributed by atoms with van der Waals surface area (Å²) >= 11 is 0. The molecular weight excluding hydrogens is 270 g/mol. The van der Waals surface area contributed by atoms with Crippen molar-refractivity contribution >= 4 is 11.9 Å². The molecule has 1 amide bonds. The molecule has 1 unspecified atom stereocenters. The van der Waals surface area contributed by atoms with Gasteiger partial charge in [-0.2, -0.15) is 0 Å². The lowest BCUT2D eigenvalue weighted by molar-refractivity contribution is -0.138. The quantitative estimate of drug-likeness (QED) is 0.732. The number of carbonyl (C=O) groups is 2. The lowest BCUT2D eigenvalue weighted by atomic mass is 10.0. The van der Waals surface area contributed by atoms with Gasteiger partial charge in [-0.25, -0.2) is 0 Å². The summed E-state index contributed by atoms with van der Waals surface area (Å²) in [6, 6.07) is 7.62. The molecule has 0 saturated heterocycles. The van der Waals surface area contributed by atoms with Crippen LogP contribution in [0, 0.1) is 5.92 Å². The molecule has 5 nitrogen and oxygen atoms in total. The molecule has 21 heavy (non-hydrogen) atoms. The van der Waals surface area contributed by atoms with E-state index in [0.29, 0.717) is 18.7 Å². The molecule has 116 valence electrons. The molecule has 1 aromatic rings. The minimum atomic E-state index is -0.844. The number of carboxylic acids is 1.